The first kappa shape index (κ1) is 21.1. The third kappa shape index (κ3) is 5.32. The number of aromatic amines is 1. The van der Waals surface area contributed by atoms with Gasteiger partial charge >= 0.3 is 0 Å². The Labute approximate surface area is 182 Å². The zero-order valence-corrected chi connectivity index (χ0v) is 18.3. The summed E-state index contributed by atoms with van der Waals surface area (Å²) in [5, 5.41) is 0. The second-order valence-corrected chi connectivity index (χ2v) is 8.84. The van der Waals surface area contributed by atoms with Crippen molar-refractivity contribution in [1.82, 2.24) is 14.9 Å². The molecular weight excluding hydrogens is 392 g/mol. The number of para-hydroxylation sites is 2. The molecule has 1 fully saturated rings. The minimum absolute atomic E-state index is 0.203. The number of hydrogen-bond donors (Lipinski definition) is 2. The highest BCUT2D eigenvalue weighted by Gasteiger charge is 2.26. The summed E-state index contributed by atoms with van der Waals surface area (Å²) in [5.74, 6) is 1.78. The summed E-state index contributed by atoms with van der Waals surface area (Å²) in [5.41, 5.74) is 8.70. The van der Waals surface area contributed by atoms with Crippen molar-refractivity contribution in [3.05, 3.63) is 72.1 Å². The number of rotatable bonds is 8. The maximum Gasteiger partial charge on any atom is 0.141 e. The van der Waals surface area contributed by atoms with E-state index in [4.69, 9.17) is 15.5 Å². The smallest absolute Gasteiger partial charge is 0.141 e. The van der Waals surface area contributed by atoms with Crippen molar-refractivity contribution in [3.63, 3.8) is 0 Å². The second-order valence-electron chi connectivity index (χ2n) is 7.75. The number of likely N-dealkylation sites (tertiary alicyclic amines) is 1. The van der Waals surface area contributed by atoms with E-state index in [0.29, 0.717) is 6.54 Å². The minimum Gasteiger partial charge on any atom is -0.362 e. The molecule has 3 aromatic rings. The van der Waals surface area contributed by atoms with Crippen LogP contribution in [-0.2, 0) is 4.74 Å². The van der Waals surface area contributed by atoms with Crippen molar-refractivity contribution >= 4 is 22.8 Å². The predicted octanol–water partition coefficient (Wildman–Crippen LogP) is 4.37. The average molecular weight is 423 g/mol. The molecule has 0 amide bonds. The zero-order valence-electron chi connectivity index (χ0n) is 17.5. The van der Waals surface area contributed by atoms with Crippen molar-refractivity contribution in [2.75, 3.05) is 32.4 Å². The summed E-state index contributed by atoms with van der Waals surface area (Å²) in [6, 6.07) is 16.8. The predicted molar refractivity (Wildman–Crippen MR) is 125 cm³/mol. The minimum atomic E-state index is -0.203. The quantitative estimate of drug-likeness (QED) is 0.417. The lowest BCUT2D eigenvalue weighted by Gasteiger charge is -2.31. The molecule has 4 rings (SSSR count). The van der Waals surface area contributed by atoms with Crippen LogP contribution in [0.3, 0.4) is 0 Å². The molecule has 0 radical (unpaired) electrons. The Balaban J connectivity index is 1.60. The molecule has 1 aromatic heterocycles. The van der Waals surface area contributed by atoms with Gasteiger partial charge in [0, 0.05) is 30.3 Å². The van der Waals surface area contributed by atoms with Crippen molar-refractivity contribution < 1.29 is 4.74 Å². The van der Waals surface area contributed by atoms with E-state index >= 15 is 0 Å². The summed E-state index contributed by atoms with van der Waals surface area (Å²) in [4.78, 5) is 11.9. The van der Waals surface area contributed by atoms with E-state index in [1.54, 1.807) is 11.8 Å². The molecule has 0 aliphatic carbocycles. The number of nitrogens with two attached hydrogens (primary N) is 1. The number of imidazole rings is 1. The number of nitrogens with one attached hydrogen (secondary N) is 1. The Morgan fingerprint density at radius 2 is 2.03 bits per heavy atom. The first-order valence-electron chi connectivity index (χ1n) is 10.6. The molecule has 2 heterocycles. The number of ether oxygens (including phenoxy) is 1. The average Bonchev–Trinajstić information content (AvgIpc) is 3.20. The Morgan fingerprint density at radius 1 is 1.20 bits per heavy atom. The molecule has 5 nitrogen and oxygen atoms in total. The van der Waals surface area contributed by atoms with Crippen molar-refractivity contribution in [3.8, 4) is 0 Å². The highest BCUT2D eigenvalue weighted by atomic mass is 32.2. The highest BCUT2D eigenvalue weighted by molar-refractivity contribution is 7.99. The van der Waals surface area contributed by atoms with Gasteiger partial charge in [-0.1, -0.05) is 36.4 Å². The molecule has 0 spiro atoms. The third-order valence-corrected chi connectivity index (χ3v) is 6.41. The van der Waals surface area contributed by atoms with Crippen LogP contribution < -0.4 is 5.73 Å². The molecule has 1 aliphatic rings. The Bertz CT molecular complexity index is 945. The number of hydrogen-bond acceptors (Lipinski definition) is 5. The van der Waals surface area contributed by atoms with Gasteiger partial charge in [0.1, 0.15) is 11.9 Å². The van der Waals surface area contributed by atoms with Crippen LogP contribution in [0.15, 0.2) is 65.6 Å². The van der Waals surface area contributed by atoms with Gasteiger partial charge in [-0.3, -0.25) is 0 Å². The van der Waals surface area contributed by atoms with Gasteiger partial charge in [0.05, 0.1) is 17.1 Å². The maximum atomic E-state index is 6.68. The molecular formula is C24H30N4OS. The van der Waals surface area contributed by atoms with Crippen LogP contribution in [-0.4, -0.2) is 53.4 Å². The zero-order chi connectivity index (χ0) is 20.8. The number of nitrogens with zero attached hydrogens (tertiary/aromatic N) is 2. The van der Waals surface area contributed by atoms with Crippen molar-refractivity contribution in [2.24, 2.45) is 5.73 Å². The van der Waals surface area contributed by atoms with E-state index < -0.39 is 0 Å². The molecule has 158 valence electrons. The van der Waals surface area contributed by atoms with E-state index in [1.807, 2.05) is 24.3 Å². The maximum absolute atomic E-state index is 6.68. The van der Waals surface area contributed by atoms with Gasteiger partial charge in [-0.25, -0.2) is 4.98 Å². The van der Waals surface area contributed by atoms with E-state index in [-0.39, 0.29) is 12.2 Å². The normalized spacial score (nSPS) is 17.1. The monoisotopic (exact) mass is 422 g/mol. The summed E-state index contributed by atoms with van der Waals surface area (Å²) in [6.07, 6.45) is 6.24. The topological polar surface area (TPSA) is 67.2 Å². The van der Waals surface area contributed by atoms with E-state index in [9.17, 15) is 0 Å². The van der Waals surface area contributed by atoms with Crippen LogP contribution >= 0.6 is 11.8 Å². The van der Waals surface area contributed by atoms with Gasteiger partial charge in [0.15, 0.2) is 0 Å². The fourth-order valence-electron chi connectivity index (χ4n) is 3.79. The lowest BCUT2D eigenvalue weighted by molar-refractivity contribution is -0.0264. The first-order chi connectivity index (χ1) is 14.7. The molecule has 6 heteroatoms. The van der Waals surface area contributed by atoms with Gasteiger partial charge in [0.2, 0.25) is 0 Å². The van der Waals surface area contributed by atoms with E-state index in [0.717, 1.165) is 54.1 Å². The number of thioether (sulfide) groups is 1. The molecule has 3 N–H and O–H groups in total. The van der Waals surface area contributed by atoms with Crippen molar-refractivity contribution in [1.29, 1.82) is 0 Å². The molecule has 2 aromatic carbocycles. The summed E-state index contributed by atoms with van der Waals surface area (Å²) in [6.45, 7) is 2.72. The van der Waals surface area contributed by atoms with Crippen LogP contribution in [0.2, 0.25) is 0 Å². The summed E-state index contributed by atoms with van der Waals surface area (Å²) in [7, 11) is 2.17. The highest BCUT2D eigenvalue weighted by Crippen LogP contribution is 2.32. The van der Waals surface area contributed by atoms with Crippen LogP contribution in [0.25, 0.3) is 11.0 Å². The molecule has 0 saturated carbocycles. The first-order valence-corrected chi connectivity index (χ1v) is 11.6. The third-order valence-electron chi connectivity index (χ3n) is 5.46. The lowest BCUT2D eigenvalue weighted by atomic mass is 10.1. The van der Waals surface area contributed by atoms with E-state index in [2.05, 4.69) is 53.3 Å². The lowest BCUT2D eigenvalue weighted by Crippen LogP contribution is -2.35. The molecule has 30 heavy (non-hydrogen) atoms. The van der Waals surface area contributed by atoms with Gasteiger partial charge in [-0.05, 0) is 49.7 Å². The fourth-order valence-corrected chi connectivity index (χ4v) is 4.61. The molecule has 0 bridgehead atoms. The number of piperidine rings is 1. The molecule has 1 aliphatic heterocycles. The van der Waals surface area contributed by atoms with Gasteiger partial charge in [0.25, 0.3) is 0 Å². The summed E-state index contributed by atoms with van der Waals surface area (Å²) < 4.78 is 6.68. The van der Waals surface area contributed by atoms with Crippen LogP contribution in [0.5, 0.6) is 0 Å². The number of H-pyrrole nitrogens is 1. The SMILES string of the molecule is CN1CCC(OC(c2cccc(SCC=CCN)c2)c2nc3ccccc3[nH]2)CC1. The standard InChI is InChI=1S/C24H30N4OS/c1-28-14-11-19(12-15-28)29-23(24-26-21-9-2-3-10-22(21)27-24)18-7-6-8-20(17-18)30-16-5-4-13-25/h2-10,17,19,23H,11-16,25H2,1H3,(H,26,27). The van der Waals surface area contributed by atoms with E-state index in [1.165, 1.54) is 4.90 Å². The Kier molecular flexibility index (Phi) is 7.23. The number of fused-ring (bicyclic) bond motifs is 1. The van der Waals surface area contributed by atoms with Gasteiger partial charge in [-0.15, -0.1) is 11.8 Å². The second kappa shape index (κ2) is 10.3. The van der Waals surface area contributed by atoms with Crippen molar-refractivity contribution in [2.45, 2.75) is 29.9 Å². The van der Waals surface area contributed by atoms with Crippen LogP contribution in [0, 0.1) is 0 Å². The molecule has 1 saturated heterocycles. The number of aromatic nitrogens is 2. The van der Waals surface area contributed by atoms with Crippen LogP contribution in [0.4, 0.5) is 0 Å². The van der Waals surface area contributed by atoms with Gasteiger partial charge < -0.3 is 20.4 Å². The Morgan fingerprint density at radius 3 is 2.83 bits per heavy atom. The molecule has 1 atom stereocenters. The largest absolute Gasteiger partial charge is 0.362 e. The number of benzene rings is 2. The Hall–Kier alpha value is -2.12. The fraction of sp³-hybridized carbons (Fsp3) is 0.375. The van der Waals surface area contributed by atoms with Gasteiger partial charge in [-0.2, -0.15) is 0 Å². The van der Waals surface area contributed by atoms with Crippen LogP contribution in [0.1, 0.15) is 30.3 Å². The summed E-state index contributed by atoms with van der Waals surface area (Å²) >= 11 is 1.80. The molecule has 1 unspecified atom stereocenters.